The van der Waals surface area contributed by atoms with Gasteiger partial charge >= 0.3 is 0 Å². The van der Waals surface area contributed by atoms with Gasteiger partial charge in [-0.05, 0) is 56.6 Å². The van der Waals surface area contributed by atoms with Crippen LogP contribution in [0.25, 0.3) is 0 Å². The fourth-order valence-corrected chi connectivity index (χ4v) is 3.31. The molecule has 2 aromatic rings. The number of carbonyl (C=O) groups excluding carboxylic acids is 1. The molecule has 0 bridgehead atoms. The minimum absolute atomic E-state index is 0. The van der Waals surface area contributed by atoms with Gasteiger partial charge in [0.15, 0.2) is 0 Å². The highest BCUT2D eigenvalue weighted by Crippen LogP contribution is 2.28. The summed E-state index contributed by atoms with van der Waals surface area (Å²) in [5.74, 6) is 0.00942. The van der Waals surface area contributed by atoms with Gasteiger partial charge in [0.2, 0.25) is 5.91 Å². The Kier molecular flexibility index (Phi) is 6.27. The van der Waals surface area contributed by atoms with Crippen molar-refractivity contribution in [1.29, 1.82) is 0 Å². The minimum Gasteiger partial charge on any atom is -0.347 e. The van der Waals surface area contributed by atoms with Crippen molar-refractivity contribution in [3.8, 4) is 0 Å². The number of benzene rings is 1. The van der Waals surface area contributed by atoms with Crippen LogP contribution in [0.4, 0.5) is 0 Å². The summed E-state index contributed by atoms with van der Waals surface area (Å²) in [6, 6.07) is 9.34. The lowest BCUT2D eigenvalue weighted by atomic mass is 9.87. The Morgan fingerprint density at radius 3 is 2.75 bits per heavy atom. The SMILES string of the molecule is CC(NC(=O)C1(n2cccn2)CCNCC1)c1cccc(Cl)c1.Cl. The number of halogens is 2. The molecule has 0 radical (unpaired) electrons. The van der Waals surface area contributed by atoms with Crippen molar-refractivity contribution in [2.24, 2.45) is 0 Å². The number of rotatable bonds is 4. The second kappa shape index (κ2) is 8.01. The molecular weight excluding hydrogens is 347 g/mol. The molecule has 1 aliphatic rings. The lowest BCUT2D eigenvalue weighted by molar-refractivity contribution is -0.132. The van der Waals surface area contributed by atoms with Gasteiger partial charge < -0.3 is 10.6 Å². The summed E-state index contributed by atoms with van der Waals surface area (Å²) in [7, 11) is 0. The molecule has 5 nitrogen and oxygen atoms in total. The molecule has 130 valence electrons. The Morgan fingerprint density at radius 1 is 1.38 bits per heavy atom. The van der Waals surface area contributed by atoms with Crippen LogP contribution < -0.4 is 10.6 Å². The maximum atomic E-state index is 13.1. The Balaban J connectivity index is 0.00000208. The van der Waals surface area contributed by atoms with Crippen LogP contribution in [0.1, 0.15) is 31.4 Å². The van der Waals surface area contributed by atoms with Crippen LogP contribution >= 0.6 is 24.0 Å². The van der Waals surface area contributed by atoms with Gasteiger partial charge in [-0.1, -0.05) is 23.7 Å². The predicted molar refractivity (Wildman–Crippen MR) is 97.6 cm³/mol. The number of hydrogen-bond donors (Lipinski definition) is 2. The average molecular weight is 369 g/mol. The van der Waals surface area contributed by atoms with Crippen molar-refractivity contribution in [1.82, 2.24) is 20.4 Å². The minimum atomic E-state index is -0.623. The maximum absolute atomic E-state index is 13.1. The number of nitrogens with one attached hydrogen (secondary N) is 2. The first kappa shape index (κ1) is 18.8. The van der Waals surface area contributed by atoms with Crippen LogP contribution in [-0.4, -0.2) is 28.8 Å². The number of piperidine rings is 1. The highest BCUT2D eigenvalue weighted by molar-refractivity contribution is 6.30. The lowest BCUT2D eigenvalue weighted by Crippen LogP contribution is -2.55. The molecule has 0 spiro atoms. The lowest BCUT2D eigenvalue weighted by Gasteiger charge is -2.37. The number of aromatic nitrogens is 2. The highest BCUT2D eigenvalue weighted by Gasteiger charge is 2.42. The van der Waals surface area contributed by atoms with Gasteiger partial charge in [0, 0.05) is 17.4 Å². The molecule has 1 aliphatic heterocycles. The largest absolute Gasteiger partial charge is 0.347 e. The smallest absolute Gasteiger partial charge is 0.248 e. The van der Waals surface area contributed by atoms with Gasteiger partial charge in [0.25, 0.3) is 0 Å². The molecule has 1 amide bonds. The van der Waals surface area contributed by atoms with Crippen LogP contribution in [0.2, 0.25) is 5.02 Å². The summed E-state index contributed by atoms with van der Waals surface area (Å²) >= 11 is 6.05. The monoisotopic (exact) mass is 368 g/mol. The third-order valence-electron chi connectivity index (χ3n) is 4.49. The van der Waals surface area contributed by atoms with E-state index in [1.54, 1.807) is 10.9 Å². The first-order valence-electron chi connectivity index (χ1n) is 7.89. The molecule has 1 saturated heterocycles. The third kappa shape index (κ3) is 3.74. The van der Waals surface area contributed by atoms with Gasteiger partial charge in [-0.25, -0.2) is 0 Å². The zero-order valence-corrected chi connectivity index (χ0v) is 15.1. The van der Waals surface area contributed by atoms with Crippen molar-refractivity contribution in [2.75, 3.05) is 13.1 Å². The molecule has 2 heterocycles. The highest BCUT2D eigenvalue weighted by atomic mass is 35.5. The summed E-state index contributed by atoms with van der Waals surface area (Å²) in [5, 5.41) is 11.5. The summed E-state index contributed by atoms with van der Waals surface area (Å²) in [4.78, 5) is 13.1. The summed E-state index contributed by atoms with van der Waals surface area (Å²) < 4.78 is 1.80. The van der Waals surface area contributed by atoms with Gasteiger partial charge in [-0.3, -0.25) is 9.48 Å². The Bertz CT molecular complexity index is 669. The van der Waals surface area contributed by atoms with E-state index in [9.17, 15) is 4.79 Å². The van der Waals surface area contributed by atoms with Gasteiger partial charge in [0.1, 0.15) is 5.54 Å². The van der Waals surface area contributed by atoms with E-state index >= 15 is 0 Å². The molecule has 1 unspecified atom stereocenters. The quantitative estimate of drug-likeness (QED) is 0.871. The molecule has 3 rings (SSSR count). The molecule has 1 atom stereocenters. The molecular formula is C17H22Cl2N4O. The van der Waals surface area contributed by atoms with Crippen molar-refractivity contribution in [3.63, 3.8) is 0 Å². The molecule has 1 aromatic heterocycles. The third-order valence-corrected chi connectivity index (χ3v) is 4.73. The second-order valence-corrected chi connectivity index (χ2v) is 6.42. The summed E-state index contributed by atoms with van der Waals surface area (Å²) in [6.45, 7) is 3.58. The van der Waals surface area contributed by atoms with Crippen molar-refractivity contribution in [3.05, 3.63) is 53.3 Å². The fraction of sp³-hybridized carbons (Fsp3) is 0.412. The predicted octanol–water partition coefficient (Wildman–Crippen LogP) is 2.91. The van der Waals surface area contributed by atoms with E-state index in [4.69, 9.17) is 11.6 Å². The average Bonchev–Trinajstić information content (AvgIpc) is 3.10. The number of hydrogen-bond acceptors (Lipinski definition) is 3. The number of carbonyl (C=O) groups is 1. The molecule has 1 fully saturated rings. The van der Waals surface area contributed by atoms with E-state index in [1.165, 1.54) is 0 Å². The first-order chi connectivity index (χ1) is 11.1. The maximum Gasteiger partial charge on any atom is 0.248 e. The molecule has 0 aliphatic carbocycles. The normalized spacial score (nSPS) is 17.6. The zero-order chi connectivity index (χ0) is 16.3. The van der Waals surface area contributed by atoms with Crippen LogP contribution in [-0.2, 0) is 10.3 Å². The number of nitrogens with zero attached hydrogens (tertiary/aromatic N) is 2. The Labute approximate surface area is 153 Å². The topological polar surface area (TPSA) is 59.0 Å². The van der Waals surface area contributed by atoms with E-state index < -0.39 is 5.54 Å². The molecule has 0 saturated carbocycles. The van der Waals surface area contributed by atoms with Gasteiger partial charge in [-0.2, -0.15) is 5.10 Å². The number of amides is 1. The van der Waals surface area contributed by atoms with E-state index in [2.05, 4.69) is 15.7 Å². The molecule has 1 aromatic carbocycles. The zero-order valence-electron chi connectivity index (χ0n) is 13.5. The standard InChI is InChI=1S/C17H21ClN4O.ClH/c1-13(14-4-2-5-15(18)12-14)21-16(23)17(6-9-19-10-7-17)22-11-3-8-20-22;/h2-5,8,11-13,19H,6-7,9-10H2,1H3,(H,21,23);1H. The van der Waals surface area contributed by atoms with Crippen LogP contribution in [0.15, 0.2) is 42.7 Å². The van der Waals surface area contributed by atoms with Crippen molar-refractivity contribution >= 4 is 29.9 Å². The van der Waals surface area contributed by atoms with Crippen LogP contribution in [0.5, 0.6) is 0 Å². The molecule has 7 heteroatoms. The second-order valence-electron chi connectivity index (χ2n) is 5.98. The van der Waals surface area contributed by atoms with E-state index in [-0.39, 0.29) is 24.4 Å². The Hall–Kier alpha value is -1.56. The first-order valence-corrected chi connectivity index (χ1v) is 8.27. The Morgan fingerprint density at radius 2 is 2.12 bits per heavy atom. The van der Waals surface area contributed by atoms with Crippen molar-refractivity contribution < 1.29 is 4.79 Å². The molecule has 24 heavy (non-hydrogen) atoms. The van der Waals surface area contributed by atoms with E-state index in [0.717, 1.165) is 31.5 Å². The van der Waals surface area contributed by atoms with E-state index in [1.807, 2.05) is 43.5 Å². The van der Waals surface area contributed by atoms with Crippen molar-refractivity contribution in [2.45, 2.75) is 31.3 Å². The van der Waals surface area contributed by atoms with Crippen LogP contribution in [0, 0.1) is 0 Å². The summed E-state index contributed by atoms with van der Waals surface area (Å²) in [6.07, 6.45) is 5.04. The van der Waals surface area contributed by atoms with E-state index in [0.29, 0.717) is 5.02 Å². The fourth-order valence-electron chi connectivity index (χ4n) is 3.11. The van der Waals surface area contributed by atoms with Crippen LogP contribution in [0.3, 0.4) is 0 Å². The molecule has 2 N–H and O–H groups in total. The van der Waals surface area contributed by atoms with Gasteiger partial charge in [0.05, 0.1) is 6.04 Å². The summed E-state index contributed by atoms with van der Waals surface area (Å²) in [5.41, 5.74) is 0.372. The van der Waals surface area contributed by atoms with Gasteiger partial charge in [-0.15, -0.1) is 12.4 Å².